The van der Waals surface area contributed by atoms with Gasteiger partial charge in [-0.15, -0.1) is 0 Å². The molecule has 4 rings (SSSR count). The van der Waals surface area contributed by atoms with Crippen LogP contribution in [0, 0.1) is 5.92 Å². The summed E-state index contributed by atoms with van der Waals surface area (Å²) in [4.78, 5) is 15.2. The standard InChI is InChI=1S/C18H22N2O/c1-3-12-8-9-16(21)20-15-7-5-4-6-13(15)14-10-11-19(2)17(12)18(14)20/h4-7,12,17H,3,8-11H2,1-2H3. The van der Waals surface area contributed by atoms with Crippen molar-refractivity contribution in [1.29, 1.82) is 0 Å². The van der Waals surface area contributed by atoms with Gasteiger partial charge in [-0.2, -0.15) is 0 Å². The van der Waals surface area contributed by atoms with E-state index in [1.807, 2.05) is 10.6 Å². The molecule has 2 aliphatic heterocycles. The Balaban J connectivity index is 2.07. The molecule has 2 unspecified atom stereocenters. The van der Waals surface area contributed by atoms with Gasteiger partial charge in [0.05, 0.1) is 11.6 Å². The second-order valence-electron chi connectivity index (χ2n) is 6.49. The maximum absolute atomic E-state index is 12.7. The van der Waals surface area contributed by atoms with Gasteiger partial charge >= 0.3 is 0 Å². The molecule has 1 aromatic carbocycles. The van der Waals surface area contributed by atoms with Gasteiger partial charge < -0.3 is 0 Å². The van der Waals surface area contributed by atoms with Crippen LogP contribution in [-0.2, 0) is 6.42 Å². The van der Waals surface area contributed by atoms with Crippen molar-refractivity contribution in [3.63, 3.8) is 0 Å². The Morgan fingerprint density at radius 3 is 2.86 bits per heavy atom. The van der Waals surface area contributed by atoms with Crippen molar-refractivity contribution in [3.05, 3.63) is 35.5 Å². The lowest BCUT2D eigenvalue weighted by molar-refractivity contribution is 0.0905. The molecule has 0 radical (unpaired) electrons. The zero-order valence-corrected chi connectivity index (χ0v) is 12.8. The maximum atomic E-state index is 12.7. The minimum absolute atomic E-state index is 0.281. The molecule has 3 nitrogen and oxygen atoms in total. The number of hydrogen-bond acceptors (Lipinski definition) is 2. The van der Waals surface area contributed by atoms with Gasteiger partial charge in [-0.1, -0.05) is 31.5 Å². The maximum Gasteiger partial charge on any atom is 0.231 e. The fourth-order valence-electron chi connectivity index (χ4n) is 4.39. The summed E-state index contributed by atoms with van der Waals surface area (Å²) in [5.74, 6) is 0.868. The van der Waals surface area contributed by atoms with Gasteiger partial charge in [0.2, 0.25) is 5.91 Å². The largest absolute Gasteiger partial charge is 0.297 e. The summed E-state index contributed by atoms with van der Waals surface area (Å²) in [6.45, 7) is 3.35. The fourth-order valence-corrected chi connectivity index (χ4v) is 4.39. The summed E-state index contributed by atoms with van der Waals surface area (Å²) >= 11 is 0. The van der Waals surface area contributed by atoms with Crippen molar-refractivity contribution in [2.24, 2.45) is 5.92 Å². The molecule has 0 saturated heterocycles. The molecular formula is C18H22N2O. The number of likely N-dealkylation sites (N-methyl/N-ethyl adjacent to an activating group) is 1. The number of carbonyl (C=O) groups excluding carboxylic acids is 1. The fraction of sp³-hybridized carbons (Fsp3) is 0.500. The van der Waals surface area contributed by atoms with Gasteiger partial charge in [0.15, 0.2) is 0 Å². The zero-order chi connectivity index (χ0) is 14.6. The average molecular weight is 282 g/mol. The Morgan fingerprint density at radius 1 is 1.24 bits per heavy atom. The highest BCUT2D eigenvalue weighted by atomic mass is 16.2. The van der Waals surface area contributed by atoms with Crippen molar-refractivity contribution >= 4 is 16.8 Å². The highest BCUT2D eigenvalue weighted by Crippen LogP contribution is 2.44. The lowest BCUT2D eigenvalue weighted by atomic mass is 9.85. The minimum atomic E-state index is 0.281. The van der Waals surface area contributed by atoms with E-state index < -0.39 is 0 Å². The number of benzene rings is 1. The lowest BCUT2D eigenvalue weighted by Gasteiger charge is -2.37. The summed E-state index contributed by atoms with van der Waals surface area (Å²) in [5.41, 5.74) is 3.83. The summed E-state index contributed by atoms with van der Waals surface area (Å²) in [6, 6.07) is 8.83. The molecule has 0 bridgehead atoms. The number of rotatable bonds is 1. The van der Waals surface area contributed by atoms with E-state index in [0.717, 1.165) is 31.3 Å². The Kier molecular flexibility index (Phi) is 2.93. The highest BCUT2D eigenvalue weighted by Gasteiger charge is 2.38. The summed E-state index contributed by atoms with van der Waals surface area (Å²) in [7, 11) is 2.22. The quantitative estimate of drug-likeness (QED) is 0.798. The molecule has 1 aromatic heterocycles. The number of fused-ring (bicyclic) bond motifs is 3. The van der Waals surface area contributed by atoms with Crippen molar-refractivity contribution in [2.75, 3.05) is 13.6 Å². The molecule has 3 heteroatoms. The predicted octanol–water partition coefficient (Wildman–Crippen LogP) is 3.63. The molecule has 110 valence electrons. The molecule has 2 aromatic rings. The van der Waals surface area contributed by atoms with Crippen LogP contribution in [0.5, 0.6) is 0 Å². The molecule has 0 N–H and O–H groups in total. The third kappa shape index (κ3) is 1.73. The molecule has 0 amide bonds. The summed E-state index contributed by atoms with van der Waals surface area (Å²) in [6.07, 6.45) is 3.89. The number of nitrogens with zero attached hydrogens (tertiary/aromatic N) is 2. The van der Waals surface area contributed by atoms with Crippen molar-refractivity contribution in [3.8, 4) is 0 Å². The zero-order valence-electron chi connectivity index (χ0n) is 12.8. The highest BCUT2D eigenvalue weighted by molar-refractivity contribution is 5.96. The first-order valence-electron chi connectivity index (χ1n) is 8.08. The van der Waals surface area contributed by atoms with E-state index >= 15 is 0 Å². The van der Waals surface area contributed by atoms with Gasteiger partial charge in [0.1, 0.15) is 0 Å². The molecule has 2 atom stereocenters. The van der Waals surface area contributed by atoms with Crippen LogP contribution in [-0.4, -0.2) is 29.0 Å². The van der Waals surface area contributed by atoms with Crippen LogP contribution in [0.15, 0.2) is 24.3 Å². The lowest BCUT2D eigenvalue weighted by Crippen LogP contribution is -2.36. The van der Waals surface area contributed by atoms with Gasteiger partial charge in [-0.25, -0.2) is 0 Å². The second kappa shape index (κ2) is 4.70. The van der Waals surface area contributed by atoms with Crippen LogP contribution in [0.25, 0.3) is 10.9 Å². The second-order valence-corrected chi connectivity index (χ2v) is 6.49. The molecule has 2 aliphatic rings. The minimum Gasteiger partial charge on any atom is -0.297 e. The summed E-state index contributed by atoms with van der Waals surface area (Å²) in [5, 5.41) is 1.29. The number of para-hydroxylation sites is 1. The number of aromatic nitrogens is 1. The van der Waals surface area contributed by atoms with Crippen LogP contribution in [0.1, 0.15) is 48.3 Å². The molecule has 21 heavy (non-hydrogen) atoms. The van der Waals surface area contributed by atoms with Crippen molar-refractivity contribution in [1.82, 2.24) is 9.47 Å². The van der Waals surface area contributed by atoms with E-state index in [2.05, 4.69) is 37.1 Å². The SMILES string of the molecule is CCC1CCC(=O)n2c3c(c4ccccc42)CCN(C)C31. The molecule has 3 heterocycles. The van der Waals surface area contributed by atoms with Gasteiger partial charge in [-0.3, -0.25) is 14.3 Å². The van der Waals surface area contributed by atoms with Gasteiger partial charge in [0.25, 0.3) is 0 Å². The molecule has 0 aliphatic carbocycles. The van der Waals surface area contributed by atoms with Crippen LogP contribution in [0.2, 0.25) is 0 Å². The van der Waals surface area contributed by atoms with E-state index in [0.29, 0.717) is 18.4 Å². The Bertz CT molecular complexity index is 715. The monoisotopic (exact) mass is 282 g/mol. The Morgan fingerprint density at radius 2 is 2.05 bits per heavy atom. The van der Waals surface area contributed by atoms with Gasteiger partial charge in [0, 0.05) is 24.0 Å². The van der Waals surface area contributed by atoms with Crippen molar-refractivity contribution in [2.45, 2.75) is 38.6 Å². The third-order valence-electron chi connectivity index (χ3n) is 5.44. The van der Waals surface area contributed by atoms with Crippen LogP contribution in [0.3, 0.4) is 0 Å². The third-order valence-corrected chi connectivity index (χ3v) is 5.44. The van der Waals surface area contributed by atoms with Crippen LogP contribution < -0.4 is 0 Å². The van der Waals surface area contributed by atoms with E-state index in [1.54, 1.807) is 0 Å². The van der Waals surface area contributed by atoms with Crippen molar-refractivity contribution < 1.29 is 4.79 Å². The molecular weight excluding hydrogens is 260 g/mol. The van der Waals surface area contributed by atoms with Crippen LogP contribution >= 0.6 is 0 Å². The van der Waals surface area contributed by atoms with Crippen LogP contribution in [0.4, 0.5) is 0 Å². The Labute approximate surface area is 125 Å². The topological polar surface area (TPSA) is 25.2 Å². The van der Waals surface area contributed by atoms with E-state index in [4.69, 9.17) is 0 Å². The first kappa shape index (κ1) is 13.1. The normalized spacial score (nSPS) is 25.9. The summed E-state index contributed by atoms with van der Waals surface area (Å²) < 4.78 is 2.04. The molecule has 0 saturated carbocycles. The molecule has 0 spiro atoms. The first-order valence-corrected chi connectivity index (χ1v) is 8.08. The van der Waals surface area contributed by atoms with Gasteiger partial charge in [-0.05, 0) is 37.4 Å². The predicted molar refractivity (Wildman–Crippen MR) is 84.7 cm³/mol. The average Bonchev–Trinajstić information content (AvgIpc) is 2.75. The molecule has 0 fully saturated rings. The van der Waals surface area contributed by atoms with E-state index in [9.17, 15) is 4.79 Å². The van der Waals surface area contributed by atoms with E-state index in [1.165, 1.54) is 16.6 Å². The number of carbonyl (C=O) groups is 1. The van der Waals surface area contributed by atoms with E-state index in [-0.39, 0.29) is 5.91 Å². The smallest absolute Gasteiger partial charge is 0.231 e. The first-order chi connectivity index (χ1) is 10.2. The Hall–Kier alpha value is -1.61. The number of hydrogen-bond donors (Lipinski definition) is 0.